The Kier molecular flexibility index (Phi) is 4.50. The third-order valence-corrected chi connectivity index (χ3v) is 2.67. The number of rotatable bonds is 5. The van der Waals surface area contributed by atoms with Crippen molar-refractivity contribution in [3.63, 3.8) is 0 Å². The number of methoxy groups -OCH3 is 2. The molecule has 1 aromatic heterocycles. The Morgan fingerprint density at radius 2 is 2.05 bits per heavy atom. The molecule has 0 aliphatic carbocycles. The molecule has 2 aromatic rings. The number of H-pyrrole nitrogens is 1. The lowest BCUT2D eigenvalue weighted by Gasteiger charge is -2.07. The molecule has 2 N–H and O–H groups in total. The van der Waals surface area contributed by atoms with Gasteiger partial charge in [0.05, 0.1) is 20.4 Å². The molecule has 1 aromatic carbocycles. The van der Waals surface area contributed by atoms with Crippen LogP contribution in [0.2, 0.25) is 0 Å². The third kappa shape index (κ3) is 3.56. The molecule has 0 saturated heterocycles. The number of hydrogen-bond donors (Lipinski definition) is 2. The van der Waals surface area contributed by atoms with Gasteiger partial charge in [0.25, 0.3) is 0 Å². The normalized spacial score (nSPS) is 10.6. The van der Waals surface area contributed by atoms with Gasteiger partial charge in [-0.25, -0.2) is 9.89 Å². The van der Waals surface area contributed by atoms with E-state index in [0.29, 0.717) is 23.0 Å². The molecular formula is C13H15N5O3. The van der Waals surface area contributed by atoms with E-state index in [-0.39, 0.29) is 0 Å². The highest BCUT2D eigenvalue weighted by molar-refractivity contribution is 5.81. The molecule has 8 nitrogen and oxygen atoms in total. The Balaban J connectivity index is 2.14. The number of hydrogen-bond acceptors (Lipinski definition) is 7. The van der Waals surface area contributed by atoms with Crippen molar-refractivity contribution < 1.29 is 9.47 Å². The predicted octanol–water partition coefficient (Wildman–Crippen LogP) is 0.937. The summed E-state index contributed by atoms with van der Waals surface area (Å²) in [6, 6.07) is 5.38. The number of ether oxygens (including phenoxy) is 2. The molecule has 110 valence electrons. The summed E-state index contributed by atoms with van der Waals surface area (Å²) in [5.41, 5.74) is 3.48. The van der Waals surface area contributed by atoms with Crippen LogP contribution in [0.1, 0.15) is 11.3 Å². The Morgan fingerprint density at radius 1 is 1.29 bits per heavy atom. The fraction of sp³-hybridized carbons (Fsp3) is 0.231. The van der Waals surface area contributed by atoms with E-state index in [1.165, 1.54) is 0 Å². The van der Waals surface area contributed by atoms with Crippen molar-refractivity contribution in [2.24, 2.45) is 5.10 Å². The minimum atomic E-state index is -0.538. The van der Waals surface area contributed by atoms with Gasteiger partial charge in [-0.1, -0.05) is 0 Å². The van der Waals surface area contributed by atoms with Crippen LogP contribution in [-0.2, 0) is 0 Å². The van der Waals surface area contributed by atoms with Crippen LogP contribution in [0.25, 0.3) is 0 Å². The average molecular weight is 289 g/mol. The highest BCUT2D eigenvalue weighted by Gasteiger charge is 2.03. The zero-order valence-corrected chi connectivity index (χ0v) is 11.9. The van der Waals surface area contributed by atoms with Crippen molar-refractivity contribution in [1.82, 2.24) is 15.2 Å². The molecule has 0 bridgehead atoms. The van der Waals surface area contributed by atoms with Gasteiger partial charge in [0, 0.05) is 0 Å². The van der Waals surface area contributed by atoms with Crippen LogP contribution in [0, 0.1) is 6.92 Å². The Morgan fingerprint density at radius 3 is 2.76 bits per heavy atom. The molecule has 0 radical (unpaired) electrons. The Hall–Kier alpha value is -2.90. The maximum Gasteiger partial charge on any atom is 0.363 e. The van der Waals surface area contributed by atoms with Crippen molar-refractivity contribution in [2.45, 2.75) is 6.92 Å². The predicted molar refractivity (Wildman–Crippen MR) is 78.2 cm³/mol. The fourth-order valence-electron chi connectivity index (χ4n) is 1.60. The van der Waals surface area contributed by atoms with Crippen molar-refractivity contribution in [3.05, 3.63) is 39.9 Å². The van der Waals surface area contributed by atoms with E-state index < -0.39 is 5.69 Å². The average Bonchev–Trinajstić information content (AvgIpc) is 2.50. The van der Waals surface area contributed by atoms with Crippen molar-refractivity contribution in [2.75, 3.05) is 19.6 Å². The van der Waals surface area contributed by atoms with Crippen molar-refractivity contribution in [3.8, 4) is 11.5 Å². The smallest absolute Gasteiger partial charge is 0.363 e. The van der Waals surface area contributed by atoms with E-state index >= 15 is 0 Å². The molecule has 0 fully saturated rings. The van der Waals surface area contributed by atoms with Gasteiger partial charge in [0.1, 0.15) is 5.69 Å². The van der Waals surface area contributed by atoms with Gasteiger partial charge in [-0.15, -0.1) is 0 Å². The molecule has 1 heterocycles. The van der Waals surface area contributed by atoms with Crippen LogP contribution in [-0.4, -0.2) is 35.6 Å². The van der Waals surface area contributed by atoms with E-state index in [2.05, 4.69) is 25.7 Å². The van der Waals surface area contributed by atoms with E-state index in [9.17, 15) is 4.79 Å². The number of aromatic nitrogens is 3. The highest BCUT2D eigenvalue weighted by atomic mass is 16.5. The summed E-state index contributed by atoms with van der Waals surface area (Å²) in [7, 11) is 3.13. The summed E-state index contributed by atoms with van der Waals surface area (Å²) in [4.78, 5) is 14.8. The number of nitrogens with one attached hydrogen (secondary N) is 2. The van der Waals surface area contributed by atoms with Crippen molar-refractivity contribution in [1.29, 1.82) is 0 Å². The molecule has 2 rings (SSSR count). The van der Waals surface area contributed by atoms with Crippen LogP contribution >= 0.6 is 0 Å². The van der Waals surface area contributed by atoms with Crippen molar-refractivity contribution >= 4 is 12.0 Å². The maximum absolute atomic E-state index is 11.1. The molecule has 0 saturated carbocycles. The topological polar surface area (TPSA) is 101 Å². The summed E-state index contributed by atoms with van der Waals surface area (Å²) < 4.78 is 10.4. The molecule has 0 aliphatic heterocycles. The second-order valence-corrected chi connectivity index (χ2v) is 4.06. The van der Waals surface area contributed by atoms with E-state index in [1.54, 1.807) is 39.5 Å². The third-order valence-electron chi connectivity index (χ3n) is 2.67. The van der Waals surface area contributed by atoms with Gasteiger partial charge in [-0.3, -0.25) is 5.43 Å². The number of nitrogens with zero attached hydrogens (tertiary/aromatic N) is 3. The minimum Gasteiger partial charge on any atom is -0.493 e. The second kappa shape index (κ2) is 6.51. The Bertz CT molecular complexity index is 711. The van der Waals surface area contributed by atoms with Crippen LogP contribution in [0.4, 0.5) is 5.82 Å². The van der Waals surface area contributed by atoms with E-state index in [1.807, 2.05) is 6.07 Å². The second-order valence-electron chi connectivity index (χ2n) is 4.06. The molecule has 0 spiro atoms. The molecular weight excluding hydrogens is 274 g/mol. The number of aryl methyl sites for hydroxylation is 1. The number of benzene rings is 1. The standard InChI is InChI=1S/C13H15N5O3/c1-8-12(15-13(19)18-16-8)17-14-7-9-4-5-10(20-2)11(6-9)21-3/h4-7H,1-3H3,(H2,15,17,18,19)/b14-7+. The minimum absolute atomic E-state index is 0.301. The lowest BCUT2D eigenvalue weighted by molar-refractivity contribution is 0.355. The maximum atomic E-state index is 11.1. The summed E-state index contributed by atoms with van der Waals surface area (Å²) >= 11 is 0. The molecule has 21 heavy (non-hydrogen) atoms. The zero-order valence-electron chi connectivity index (χ0n) is 11.9. The first-order valence-electron chi connectivity index (χ1n) is 6.08. The van der Waals surface area contributed by atoms with Gasteiger partial charge < -0.3 is 9.47 Å². The van der Waals surface area contributed by atoms with Crippen LogP contribution in [0.15, 0.2) is 28.1 Å². The fourth-order valence-corrected chi connectivity index (χ4v) is 1.60. The first-order chi connectivity index (χ1) is 10.1. The van der Waals surface area contributed by atoms with E-state index in [4.69, 9.17) is 9.47 Å². The molecule has 0 atom stereocenters. The number of hydrazone groups is 1. The van der Waals surface area contributed by atoms with Crippen LogP contribution in [0.5, 0.6) is 11.5 Å². The van der Waals surface area contributed by atoms with E-state index in [0.717, 1.165) is 5.56 Å². The summed E-state index contributed by atoms with van der Waals surface area (Å²) in [6.45, 7) is 1.71. The Labute approximate surface area is 120 Å². The lowest BCUT2D eigenvalue weighted by Crippen LogP contribution is -2.15. The zero-order chi connectivity index (χ0) is 15.2. The summed E-state index contributed by atoms with van der Waals surface area (Å²) in [5, 5.41) is 10.0. The van der Waals surface area contributed by atoms with Crippen LogP contribution in [0.3, 0.4) is 0 Å². The summed E-state index contributed by atoms with van der Waals surface area (Å²) in [5.74, 6) is 1.54. The molecule has 0 aliphatic rings. The highest BCUT2D eigenvalue weighted by Crippen LogP contribution is 2.26. The number of anilines is 1. The van der Waals surface area contributed by atoms with Gasteiger partial charge in [0.15, 0.2) is 17.3 Å². The first kappa shape index (κ1) is 14.5. The SMILES string of the molecule is COc1ccc(/C=N/Nc2nc(=O)[nH]nc2C)cc1OC. The lowest BCUT2D eigenvalue weighted by atomic mass is 10.2. The van der Waals surface area contributed by atoms with Crippen LogP contribution < -0.4 is 20.6 Å². The van der Waals surface area contributed by atoms with Gasteiger partial charge >= 0.3 is 5.69 Å². The quantitative estimate of drug-likeness (QED) is 0.627. The first-order valence-corrected chi connectivity index (χ1v) is 6.08. The largest absolute Gasteiger partial charge is 0.493 e. The van der Waals surface area contributed by atoms with Gasteiger partial charge in [-0.05, 0) is 30.7 Å². The monoisotopic (exact) mass is 289 g/mol. The molecule has 8 heteroatoms. The number of aromatic amines is 1. The van der Waals surface area contributed by atoms with Gasteiger partial charge in [0.2, 0.25) is 0 Å². The summed E-state index contributed by atoms with van der Waals surface area (Å²) in [6.07, 6.45) is 1.57. The molecule has 0 unspecified atom stereocenters. The van der Waals surface area contributed by atoms with Gasteiger partial charge in [-0.2, -0.15) is 15.2 Å². The molecule has 0 amide bonds.